The van der Waals surface area contributed by atoms with Gasteiger partial charge in [0, 0.05) is 11.1 Å². The topological polar surface area (TPSA) is 85.3 Å². The summed E-state index contributed by atoms with van der Waals surface area (Å²) in [6.07, 6.45) is 3.15. The van der Waals surface area contributed by atoms with E-state index in [1.165, 1.54) is 18.4 Å². The fourth-order valence-corrected chi connectivity index (χ4v) is 3.58. The molecule has 0 bridgehead atoms. The van der Waals surface area contributed by atoms with Crippen LogP contribution in [0.25, 0.3) is 22.8 Å². The van der Waals surface area contributed by atoms with Gasteiger partial charge in [-0.2, -0.15) is 0 Å². The van der Waals surface area contributed by atoms with Crippen LogP contribution in [0.3, 0.4) is 0 Å². The van der Waals surface area contributed by atoms with E-state index in [0.29, 0.717) is 23.0 Å². The smallest absolute Gasteiger partial charge is 0.240 e. The molecule has 0 atom stereocenters. The molecule has 0 spiro atoms. The van der Waals surface area contributed by atoms with Crippen molar-refractivity contribution in [2.45, 2.75) is 11.4 Å². The molecule has 0 saturated heterocycles. The molecule has 0 aliphatic heterocycles. The summed E-state index contributed by atoms with van der Waals surface area (Å²) in [6, 6.07) is 19.4. The number of nitrogens with one attached hydrogen (secondary N) is 1. The fourth-order valence-electron chi connectivity index (χ4n) is 2.58. The van der Waals surface area contributed by atoms with Gasteiger partial charge in [0.25, 0.3) is 0 Å². The Kier molecular flexibility index (Phi) is 4.62. The van der Waals surface area contributed by atoms with Crippen molar-refractivity contribution in [1.29, 1.82) is 0 Å². The van der Waals surface area contributed by atoms with Crippen LogP contribution >= 0.6 is 0 Å². The summed E-state index contributed by atoms with van der Waals surface area (Å²) >= 11 is 0. The second kappa shape index (κ2) is 7.22. The maximum atomic E-state index is 12.4. The molecule has 136 valence electrons. The number of sulfonamides is 1. The molecule has 0 saturated carbocycles. The first-order valence-corrected chi connectivity index (χ1v) is 9.74. The number of rotatable bonds is 6. The Balaban J connectivity index is 1.51. The third kappa shape index (κ3) is 3.84. The normalized spacial score (nSPS) is 11.6. The third-order valence-electron chi connectivity index (χ3n) is 3.99. The Bertz CT molecular complexity index is 1120. The summed E-state index contributed by atoms with van der Waals surface area (Å²) in [5.74, 6) is 1.63. The highest BCUT2D eigenvalue weighted by Crippen LogP contribution is 2.26. The zero-order valence-electron chi connectivity index (χ0n) is 14.2. The lowest BCUT2D eigenvalue weighted by Crippen LogP contribution is -2.22. The molecule has 2 aromatic carbocycles. The van der Waals surface area contributed by atoms with Gasteiger partial charge >= 0.3 is 0 Å². The van der Waals surface area contributed by atoms with Crippen molar-refractivity contribution in [3.05, 3.63) is 85.0 Å². The van der Waals surface area contributed by atoms with Crippen molar-refractivity contribution in [3.8, 4) is 22.8 Å². The molecule has 27 heavy (non-hydrogen) atoms. The van der Waals surface area contributed by atoms with Crippen LogP contribution < -0.4 is 4.72 Å². The van der Waals surface area contributed by atoms with Crippen LogP contribution in [-0.4, -0.2) is 13.4 Å². The Morgan fingerprint density at radius 1 is 0.889 bits per heavy atom. The summed E-state index contributed by atoms with van der Waals surface area (Å²) in [6.45, 7) is 0.0945. The predicted molar refractivity (Wildman–Crippen MR) is 100 cm³/mol. The molecule has 0 radical (unpaired) electrons. The molecule has 0 amide bonds. The lowest BCUT2D eigenvalue weighted by Gasteiger charge is -2.06. The van der Waals surface area contributed by atoms with E-state index in [4.69, 9.17) is 8.83 Å². The van der Waals surface area contributed by atoms with Crippen LogP contribution in [0.1, 0.15) is 5.76 Å². The highest BCUT2D eigenvalue weighted by molar-refractivity contribution is 7.89. The molecule has 2 heterocycles. The summed E-state index contributed by atoms with van der Waals surface area (Å²) in [5.41, 5.74) is 1.62. The molecule has 1 N–H and O–H groups in total. The number of benzene rings is 2. The van der Waals surface area contributed by atoms with Crippen molar-refractivity contribution in [1.82, 2.24) is 9.71 Å². The first kappa shape index (κ1) is 17.3. The number of furan rings is 1. The van der Waals surface area contributed by atoms with Gasteiger partial charge in [-0.05, 0) is 36.4 Å². The molecule has 0 fully saturated rings. The molecular weight excluding hydrogens is 364 g/mol. The fraction of sp³-hybridized carbons (Fsp3) is 0.0500. The number of hydrogen-bond acceptors (Lipinski definition) is 5. The highest BCUT2D eigenvalue weighted by Gasteiger charge is 2.15. The monoisotopic (exact) mass is 380 g/mol. The highest BCUT2D eigenvalue weighted by atomic mass is 32.2. The molecule has 0 aliphatic rings. The summed E-state index contributed by atoms with van der Waals surface area (Å²) < 4.78 is 38.2. The quantitative estimate of drug-likeness (QED) is 0.545. The number of hydrogen-bond donors (Lipinski definition) is 1. The van der Waals surface area contributed by atoms with Crippen LogP contribution in [-0.2, 0) is 16.6 Å². The standard InChI is InChI=1S/C20H16N2O4S/c23-27(24,22-13-17-7-4-12-25-17)18-10-8-16(9-11-18)20-21-14-19(26-20)15-5-2-1-3-6-15/h1-12,14,22H,13H2. The summed E-state index contributed by atoms with van der Waals surface area (Å²) in [4.78, 5) is 4.44. The largest absolute Gasteiger partial charge is 0.468 e. The van der Waals surface area contributed by atoms with Crippen molar-refractivity contribution < 1.29 is 17.3 Å². The van der Waals surface area contributed by atoms with Crippen LogP contribution in [0.4, 0.5) is 0 Å². The van der Waals surface area contributed by atoms with Crippen molar-refractivity contribution >= 4 is 10.0 Å². The van der Waals surface area contributed by atoms with Gasteiger partial charge in [0.2, 0.25) is 15.9 Å². The Morgan fingerprint density at radius 3 is 2.37 bits per heavy atom. The molecule has 4 rings (SSSR count). The summed E-state index contributed by atoms with van der Waals surface area (Å²) in [5, 5.41) is 0. The zero-order chi connectivity index (χ0) is 18.7. The minimum atomic E-state index is -3.63. The number of nitrogens with zero attached hydrogens (tertiary/aromatic N) is 1. The minimum Gasteiger partial charge on any atom is -0.468 e. The lowest BCUT2D eigenvalue weighted by atomic mass is 10.2. The molecular formula is C20H16N2O4S. The van der Waals surface area contributed by atoms with Gasteiger partial charge in [-0.25, -0.2) is 18.1 Å². The van der Waals surface area contributed by atoms with E-state index in [1.807, 2.05) is 30.3 Å². The zero-order valence-corrected chi connectivity index (χ0v) is 15.0. The molecule has 0 aliphatic carbocycles. The molecule has 7 heteroatoms. The van der Waals surface area contributed by atoms with Gasteiger partial charge < -0.3 is 8.83 Å². The van der Waals surface area contributed by atoms with E-state index in [0.717, 1.165) is 5.56 Å². The van der Waals surface area contributed by atoms with Crippen LogP contribution in [0, 0.1) is 0 Å². The molecule has 4 aromatic rings. The van der Waals surface area contributed by atoms with Gasteiger partial charge in [-0.15, -0.1) is 0 Å². The van der Waals surface area contributed by atoms with Crippen molar-refractivity contribution in [2.75, 3.05) is 0 Å². The van der Waals surface area contributed by atoms with Crippen molar-refractivity contribution in [3.63, 3.8) is 0 Å². The third-order valence-corrected chi connectivity index (χ3v) is 5.41. The van der Waals surface area contributed by atoms with E-state index in [1.54, 1.807) is 30.5 Å². The Morgan fingerprint density at radius 2 is 1.67 bits per heavy atom. The Hall–Kier alpha value is -3.16. The predicted octanol–water partition coefficient (Wildman–Crippen LogP) is 4.08. The minimum absolute atomic E-state index is 0.0945. The lowest BCUT2D eigenvalue weighted by molar-refractivity contribution is 0.498. The van der Waals surface area contributed by atoms with Gasteiger partial charge in [0.15, 0.2) is 5.76 Å². The average molecular weight is 380 g/mol. The van der Waals surface area contributed by atoms with Crippen LogP contribution in [0.2, 0.25) is 0 Å². The molecule has 0 unspecified atom stereocenters. The van der Waals surface area contributed by atoms with E-state index >= 15 is 0 Å². The van der Waals surface area contributed by atoms with Crippen LogP contribution in [0.5, 0.6) is 0 Å². The van der Waals surface area contributed by atoms with E-state index in [2.05, 4.69) is 9.71 Å². The first-order valence-electron chi connectivity index (χ1n) is 8.25. The number of oxazole rings is 1. The van der Waals surface area contributed by atoms with E-state index in [9.17, 15) is 8.42 Å². The van der Waals surface area contributed by atoms with Gasteiger partial charge in [0.05, 0.1) is 23.9 Å². The van der Waals surface area contributed by atoms with Crippen molar-refractivity contribution in [2.24, 2.45) is 0 Å². The van der Waals surface area contributed by atoms with Gasteiger partial charge in [0.1, 0.15) is 5.76 Å². The first-order chi connectivity index (χ1) is 13.1. The average Bonchev–Trinajstić information content (AvgIpc) is 3.39. The molecule has 6 nitrogen and oxygen atoms in total. The molecule has 2 aromatic heterocycles. The summed E-state index contributed by atoms with van der Waals surface area (Å²) in [7, 11) is -3.63. The van der Waals surface area contributed by atoms with E-state index < -0.39 is 10.0 Å². The van der Waals surface area contributed by atoms with E-state index in [-0.39, 0.29) is 11.4 Å². The second-order valence-corrected chi connectivity index (χ2v) is 7.59. The maximum Gasteiger partial charge on any atom is 0.240 e. The Labute approximate surface area is 156 Å². The van der Waals surface area contributed by atoms with Gasteiger partial charge in [-0.3, -0.25) is 0 Å². The van der Waals surface area contributed by atoms with Crippen LogP contribution in [0.15, 0.2) is 92.9 Å². The number of aromatic nitrogens is 1. The SMILES string of the molecule is O=S(=O)(NCc1ccco1)c1ccc(-c2ncc(-c3ccccc3)o2)cc1. The van der Waals surface area contributed by atoms with Gasteiger partial charge in [-0.1, -0.05) is 30.3 Å². The maximum absolute atomic E-state index is 12.4. The second-order valence-electron chi connectivity index (χ2n) is 5.82.